The smallest absolute Gasteiger partial charge is 0.305 e. The number of unbranched alkanes of at least 4 members (excludes halogenated alkanes) is 2. The van der Waals surface area contributed by atoms with Crippen molar-refractivity contribution in [2.24, 2.45) is 5.92 Å². The second kappa shape index (κ2) is 12.0. The first-order valence-corrected chi connectivity index (χ1v) is 7.45. The minimum absolute atomic E-state index is 0.122. The highest BCUT2D eigenvalue weighted by Gasteiger charge is 2.08. The maximum Gasteiger partial charge on any atom is 0.305 e. The predicted octanol–water partition coefficient (Wildman–Crippen LogP) is 3.48. The van der Waals surface area contributed by atoms with Crippen LogP contribution in [0.5, 0.6) is 0 Å². The summed E-state index contributed by atoms with van der Waals surface area (Å²) in [4.78, 5) is 22.5. The quantitative estimate of drug-likeness (QED) is 0.427. The molecule has 0 radical (unpaired) electrons. The van der Waals surface area contributed by atoms with Gasteiger partial charge in [0.15, 0.2) is 0 Å². The minimum atomic E-state index is -0.154. The molecule has 19 heavy (non-hydrogen) atoms. The van der Waals surface area contributed by atoms with Crippen LogP contribution in [0.4, 0.5) is 0 Å². The fraction of sp³-hybridized carbons (Fsp3) is 0.867. The van der Waals surface area contributed by atoms with Crippen molar-refractivity contribution in [2.45, 2.75) is 65.7 Å². The van der Waals surface area contributed by atoms with Gasteiger partial charge in [-0.2, -0.15) is 0 Å². The van der Waals surface area contributed by atoms with Crippen LogP contribution in [0.2, 0.25) is 0 Å². The van der Waals surface area contributed by atoms with Gasteiger partial charge in [-0.15, -0.1) is 0 Å². The number of carbonyl (C=O) groups is 2. The molecule has 0 aliphatic carbocycles. The van der Waals surface area contributed by atoms with E-state index < -0.39 is 0 Å². The molecule has 0 atom stereocenters. The molecule has 0 saturated carbocycles. The summed E-state index contributed by atoms with van der Waals surface area (Å²) in [5.41, 5.74) is 0. The third kappa shape index (κ3) is 10.5. The van der Waals surface area contributed by atoms with Gasteiger partial charge in [-0.05, 0) is 25.7 Å². The van der Waals surface area contributed by atoms with Crippen LogP contribution in [0.1, 0.15) is 65.7 Å². The number of hydrogen-bond donors (Lipinski definition) is 0. The summed E-state index contributed by atoms with van der Waals surface area (Å²) in [5.74, 6) is 0.203. The molecule has 0 spiro atoms. The third-order valence-corrected chi connectivity index (χ3v) is 3.20. The number of esters is 2. The van der Waals surface area contributed by atoms with Crippen molar-refractivity contribution in [1.29, 1.82) is 0 Å². The molecule has 0 bridgehead atoms. The van der Waals surface area contributed by atoms with E-state index in [9.17, 15) is 9.59 Å². The lowest BCUT2D eigenvalue weighted by Crippen LogP contribution is -2.13. The van der Waals surface area contributed by atoms with Gasteiger partial charge in [-0.1, -0.05) is 33.1 Å². The summed E-state index contributed by atoms with van der Waals surface area (Å²) >= 11 is 0. The van der Waals surface area contributed by atoms with E-state index in [2.05, 4.69) is 13.8 Å². The Labute approximate surface area is 116 Å². The Hall–Kier alpha value is -1.06. The first-order valence-electron chi connectivity index (χ1n) is 7.45. The molecule has 0 N–H and O–H groups in total. The fourth-order valence-corrected chi connectivity index (χ4v) is 1.76. The van der Waals surface area contributed by atoms with Crippen LogP contribution in [0, 0.1) is 5.92 Å². The summed E-state index contributed by atoms with van der Waals surface area (Å²) in [5, 5.41) is 0. The maximum absolute atomic E-state index is 11.5. The highest BCUT2D eigenvalue weighted by atomic mass is 16.5. The summed E-state index contributed by atoms with van der Waals surface area (Å²) in [7, 11) is 0. The highest BCUT2D eigenvalue weighted by molar-refractivity contribution is 5.69. The van der Waals surface area contributed by atoms with E-state index in [1.54, 1.807) is 6.92 Å². The molecule has 0 aliphatic heterocycles. The second-order valence-corrected chi connectivity index (χ2v) is 4.73. The van der Waals surface area contributed by atoms with Gasteiger partial charge in [0.2, 0.25) is 0 Å². The molecular formula is C15H28O4. The number of carbonyl (C=O) groups excluding carboxylic acids is 2. The van der Waals surface area contributed by atoms with E-state index in [1.807, 2.05) is 0 Å². The van der Waals surface area contributed by atoms with Gasteiger partial charge >= 0.3 is 11.9 Å². The van der Waals surface area contributed by atoms with Crippen LogP contribution in [0.15, 0.2) is 0 Å². The standard InChI is InChI=1S/C15H28O4/c1-4-13(5-2)12-19-15(17)11-9-7-8-10-14(16)18-6-3/h13H,4-12H2,1-3H3. The van der Waals surface area contributed by atoms with Crippen molar-refractivity contribution >= 4 is 11.9 Å². The first-order chi connectivity index (χ1) is 9.13. The Morgan fingerprint density at radius 3 is 1.84 bits per heavy atom. The van der Waals surface area contributed by atoms with E-state index in [1.165, 1.54) is 0 Å². The Morgan fingerprint density at radius 2 is 1.37 bits per heavy atom. The average molecular weight is 272 g/mol. The van der Waals surface area contributed by atoms with Crippen molar-refractivity contribution < 1.29 is 19.1 Å². The van der Waals surface area contributed by atoms with Crippen molar-refractivity contribution in [2.75, 3.05) is 13.2 Å². The maximum atomic E-state index is 11.5. The Bertz CT molecular complexity index is 247. The molecule has 0 aromatic carbocycles. The molecule has 0 aliphatic rings. The van der Waals surface area contributed by atoms with Gasteiger partial charge in [0.25, 0.3) is 0 Å². The van der Waals surface area contributed by atoms with Gasteiger partial charge in [0.05, 0.1) is 13.2 Å². The highest BCUT2D eigenvalue weighted by Crippen LogP contribution is 2.09. The van der Waals surface area contributed by atoms with Gasteiger partial charge in [-0.25, -0.2) is 0 Å². The van der Waals surface area contributed by atoms with Gasteiger partial charge in [-0.3, -0.25) is 9.59 Å². The molecule has 0 aromatic heterocycles. The van der Waals surface area contributed by atoms with Crippen LogP contribution >= 0.6 is 0 Å². The molecule has 0 unspecified atom stereocenters. The lowest BCUT2D eigenvalue weighted by Gasteiger charge is -2.12. The summed E-state index contributed by atoms with van der Waals surface area (Å²) in [6, 6.07) is 0. The monoisotopic (exact) mass is 272 g/mol. The summed E-state index contributed by atoms with van der Waals surface area (Å²) in [6.07, 6.45) is 5.39. The molecular weight excluding hydrogens is 244 g/mol. The zero-order valence-corrected chi connectivity index (χ0v) is 12.6. The lowest BCUT2D eigenvalue weighted by molar-refractivity contribution is -0.145. The molecule has 0 amide bonds. The molecule has 0 saturated heterocycles. The number of hydrogen-bond acceptors (Lipinski definition) is 4. The molecule has 0 heterocycles. The van der Waals surface area contributed by atoms with E-state index in [0.29, 0.717) is 32.0 Å². The molecule has 0 rings (SSSR count). The van der Waals surface area contributed by atoms with Crippen LogP contribution in [-0.4, -0.2) is 25.2 Å². The van der Waals surface area contributed by atoms with Gasteiger partial charge in [0, 0.05) is 12.8 Å². The second-order valence-electron chi connectivity index (χ2n) is 4.73. The minimum Gasteiger partial charge on any atom is -0.466 e. The summed E-state index contributed by atoms with van der Waals surface area (Å²) in [6.45, 7) is 6.98. The molecule has 0 fully saturated rings. The van der Waals surface area contributed by atoms with Gasteiger partial charge in [0.1, 0.15) is 0 Å². The van der Waals surface area contributed by atoms with Crippen LogP contribution in [-0.2, 0) is 19.1 Å². The summed E-state index contributed by atoms with van der Waals surface area (Å²) < 4.78 is 10.1. The molecule has 0 aromatic rings. The van der Waals surface area contributed by atoms with Gasteiger partial charge < -0.3 is 9.47 Å². The van der Waals surface area contributed by atoms with E-state index >= 15 is 0 Å². The van der Waals surface area contributed by atoms with E-state index in [4.69, 9.17) is 9.47 Å². The topological polar surface area (TPSA) is 52.6 Å². The molecule has 4 heteroatoms. The third-order valence-electron chi connectivity index (χ3n) is 3.20. The molecule has 112 valence electrons. The largest absolute Gasteiger partial charge is 0.466 e. The normalized spacial score (nSPS) is 10.5. The van der Waals surface area contributed by atoms with E-state index in [-0.39, 0.29) is 11.9 Å². The van der Waals surface area contributed by atoms with Crippen molar-refractivity contribution in [1.82, 2.24) is 0 Å². The SMILES string of the molecule is CCOC(=O)CCCCCC(=O)OCC(CC)CC. The fourth-order valence-electron chi connectivity index (χ4n) is 1.76. The number of ether oxygens (including phenoxy) is 2. The Kier molecular flexibility index (Phi) is 11.3. The lowest BCUT2D eigenvalue weighted by atomic mass is 10.1. The zero-order chi connectivity index (χ0) is 14.5. The zero-order valence-electron chi connectivity index (χ0n) is 12.6. The first kappa shape index (κ1) is 17.9. The predicted molar refractivity (Wildman–Crippen MR) is 74.7 cm³/mol. The molecule has 4 nitrogen and oxygen atoms in total. The van der Waals surface area contributed by atoms with Crippen LogP contribution < -0.4 is 0 Å². The van der Waals surface area contributed by atoms with Crippen LogP contribution in [0.3, 0.4) is 0 Å². The van der Waals surface area contributed by atoms with Crippen LogP contribution in [0.25, 0.3) is 0 Å². The average Bonchev–Trinajstić information content (AvgIpc) is 2.39. The van der Waals surface area contributed by atoms with Crippen molar-refractivity contribution in [3.63, 3.8) is 0 Å². The van der Waals surface area contributed by atoms with Crippen molar-refractivity contribution in [3.8, 4) is 0 Å². The Balaban J connectivity index is 3.46. The van der Waals surface area contributed by atoms with Crippen molar-refractivity contribution in [3.05, 3.63) is 0 Å². The number of rotatable bonds is 11. The Morgan fingerprint density at radius 1 is 0.842 bits per heavy atom. The van der Waals surface area contributed by atoms with E-state index in [0.717, 1.165) is 32.1 Å².